The van der Waals surface area contributed by atoms with Gasteiger partial charge in [-0.3, -0.25) is 9.59 Å². The number of halogens is 1. The topological polar surface area (TPSA) is 84.2 Å². The Labute approximate surface area is 119 Å². The summed E-state index contributed by atoms with van der Waals surface area (Å²) >= 11 is 0. The number of benzene rings is 1. The summed E-state index contributed by atoms with van der Waals surface area (Å²) in [4.78, 5) is 22.5. The number of carbonyl (C=O) groups excluding carboxylic acids is 2. The number of amides is 2. The Kier molecular flexibility index (Phi) is 9.48. The van der Waals surface area contributed by atoms with E-state index in [0.717, 1.165) is 6.42 Å². The standard InChI is InChI=1S/C13H19N3O2.ClH/c14-8-6-12(17)16-10-13(18)15-9-7-11-4-2-1-3-5-11;/h1-5H,6-10,14H2,(H,15,18)(H,16,17);1H. The minimum absolute atomic E-state index is 0. The van der Waals surface area contributed by atoms with E-state index in [1.54, 1.807) is 0 Å². The van der Waals surface area contributed by atoms with Gasteiger partial charge in [0.05, 0.1) is 6.54 Å². The highest BCUT2D eigenvalue weighted by atomic mass is 35.5. The van der Waals surface area contributed by atoms with Crippen molar-refractivity contribution < 1.29 is 9.59 Å². The Morgan fingerprint density at radius 1 is 1.05 bits per heavy atom. The molecular weight excluding hydrogens is 266 g/mol. The summed E-state index contributed by atoms with van der Waals surface area (Å²) in [5.74, 6) is -0.382. The first-order chi connectivity index (χ1) is 8.72. The smallest absolute Gasteiger partial charge is 0.239 e. The van der Waals surface area contributed by atoms with Crippen molar-refractivity contribution in [1.29, 1.82) is 0 Å². The van der Waals surface area contributed by atoms with Crippen LogP contribution in [0.3, 0.4) is 0 Å². The lowest BCUT2D eigenvalue weighted by atomic mass is 10.1. The van der Waals surface area contributed by atoms with Gasteiger partial charge in [0.2, 0.25) is 11.8 Å². The van der Waals surface area contributed by atoms with Crippen molar-refractivity contribution in [3.05, 3.63) is 35.9 Å². The molecule has 0 aliphatic rings. The largest absolute Gasteiger partial charge is 0.354 e. The predicted octanol–water partition coefficient (Wildman–Crippen LogP) is 0.232. The average Bonchev–Trinajstić information content (AvgIpc) is 2.38. The molecule has 5 nitrogen and oxygen atoms in total. The fraction of sp³-hybridized carbons (Fsp3) is 0.385. The van der Waals surface area contributed by atoms with Crippen LogP contribution in [0, 0.1) is 0 Å². The van der Waals surface area contributed by atoms with Crippen molar-refractivity contribution >= 4 is 24.2 Å². The monoisotopic (exact) mass is 285 g/mol. The number of hydrogen-bond acceptors (Lipinski definition) is 3. The van der Waals surface area contributed by atoms with Gasteiger partial charge in [-0.25, -0.2) is 0 Å². The fourth-order valence-corrected chi connectivity index (χ4v) is 1.45. The molecule has 0 unspecified atom stereocenters. The first-order valence-electron chi connectivity index (χ1n) is 5.99. The molecule has 0 spiro atoms. The molecule has 0 aliphatic heterocycles. The second-order valence-corrected chi connectivity index (χ2v) is 3.90. The lowest BCUT2D eigenvalue weighted by Crippen LogP contribution is -2.38. The molecule has 0 bridgehead atoms. The summed E-state index contributed by atoms with van der Waals surface area (Å²) in [6.07, 6.45) is 1.03. The van der Waals surface area contributed by atoms with E-state index in [9.17, 15) is 9.59 Å². The van der Waals surface area contributed by atoms with E-state index in [1.807, 2.05) is 30.3 Å². The molecule has 19 heavy (non-hydrogen) atoms. The Balaban J connectivity index is 0.00000324. The van der Waals surface area contributed by atoms with E-state index in [4.69, 9.17) is 5.73 Å². The highest BCUT2D eigenvalue weighted by Crippen LogP contribution is 1.97. The van der Waals surface area contributed by atoms with E-state index in [0.29, 0.717) is 13.1 Å². The van der Waals surface area contributed by atoms with Crippen LogP contribution >= 0.6 is 12.4 Å². The molecule has 0 heterocycles. The lowest BCUT2D eigenvalue weighted by Gasteiger charge is -2.06. The molecule has 0 aromatic heterocycles. The third-order valence-electron chi connectivity index (χ3n) is 2.40. The molecule has 0 saturated carbocycles. The van der Waals surface area contributed by atoms with Crippen molar-refractivity contribution in [3.63, 3.8) is 0 Å². The Hall–Kier alpha value is -1.59. The van der Waals surface area contributed by atoms with Crippen molar-refractivity contribution in [2.75, 3.05) is 19.6 Å². The van der Waals surface area contributed by atoms with Crippen LogP contribution in [0.5, 0.6) is 0 Å². The van der Waals surface area contributed by atoms with Crippen molar-refractivity contribution in [2.45, 2.75) is 12.8 Å². The van der Waals surface area contributed by atoms with Crippen LogP contribution in [0.1, 0.15) is 12.0 Å². The van der Waals surface area contributed by atoms with Crippen LogP contribution in [-0.4, -0.2) is 31.4 Å². The summed E-state index contributed by atoms with van der Waals surface area (Å²) in [5.41, 5.74) is 6.39. The van der Waals surface area contributed by atoms with Crippen molar-refractivity contribution in [2.24, 2.45) is 5.73 Å². The summed E-state index contributed by atoms with van der Waals surface area (Å²) in [6.45, 7) is 0.866. The van der Waals surface area contributed by atoms with Gasteiger partial charge >= 0.3 is 0 Å². The second kappa shape index (κ2) is 10.3. The summed E-state index contributed by atoms with van der Waals surface area (Å²) in [6, 6.07) is 9.90. The minimum Gasteiger partial charge on any atom is -0.354 e. The Morgan fingerprint density at radius 2 is 1.74 bits per heavy atom. The van der Waals surface area contributed by atoms with Gasteiger partial charge in [-0.05, 0) is 12.0 Å². The Bertz CT molecular complexity index is 385. The number of rotatable bonds is 7. The number of hydrogen-bond donors (Lipinski definition) is 3. The highest BCUT2D eigenvalue weighted by molar-refractivity contribution is 5.85. The van der Waals surface area contributed by atoms with Gasteiger partial charge in [0.15, 0.2) is 0 Å². The molecule has 0 aliphatic carbocycles. The predicted molar refractivity (Wildman–Crippen MR) is 77.1 cm³/mol. The van der Waals surface area contributed by atoms with Gasteiger partial charge in [0.1, 0.15) is 0 Å². The van der Waals surface area contributed by atoms with Crippen LogP contribution < -0.4 is 16.4 Å². The number of nitrogens with one attached hydrogen (secondary N) is 2. The molecule has 1 rings (SSSR count). The number of carbonyl (C=O) groups is 2. The van der Waals surface area contributed by atoms with E-state index in [1.165, 1.54) is 5.56 Å². The maximum Gasteiger partial charge on any atom is 0.239 e. The van der Waals surface area contributed by atoms with Gasteiger partial charge in [-0.2, -0.15) is 0 Å². The summed E-state index contributed by atoms with van der Waals surface area (Å²) in [7, 11) is 0. The van der Waals surface area contributed by atoms with E-state index in [2.05, 4.69) is 10.6 Å². The van der Waals surface area contributed by atoms with E-state index >= 15 is 0 Å². The van der Waals surface area contributed by atoms with Crippen molar-refractivity contribution in [1.82, 2.24) is 10.6 Å². The maximum absolute atomic E-state index is 11.4. The first-order valence-corrected chi connectivity index (χ1v) is 5.99. The number of nitrogens with two attached hydrogens (primary N) is 1. The molecule has 1 aromatic carbocycles. The second-order valence-electron chi connectivity index (χ2n) is 3.90. The van der Waals surface area contributed by atoms with Crippen LogP contribution in [0.25, 0.3) is 0 Å². The molecule has 1 aromatic rings. The molecule has 0 radical (unpaired) electrons. The van der Waals surface area contributed by atoms with E-state index in [-0.39, 0.29) is 37.2 Å². The van der Waals surface area contributed by atoms with Gasteiger partial charge in [0, 0.05) is 19.5 Å². The normalized spacial score (nSPS) is 9.32. The molecule has 106 valence electrons. The first kappa shape index (κ1) is 17.4. The zero-order valence-electron chi connectivity index (χ0n) is 10.7. The SMILES string of the molecule is Cl.NCCC(=O)NCC(=O)NCCc1ccccc1. The average molecular weight is 286 g/mol. The third kappa shape index (κ3) is 8.18. The summed E-state index contributed by atoms with van der Waals surface area (Å²) in [5, 5.41) is 5.24. The third-order valence-corrected chi connectivity index (χ3v) is 2.40. The molecule has 6 heteroatoms. The minimum atomic E-state index is -0.198. The fourth-order valence-electron chi connectivity index (χ4n) is 1.45. The molecular formula is C13H20ClN3O2. The molecule has 0 atom stereocenters. The zero-order chi connectivity index (χ0) is 13.2. The van der Waals surface area contributed by atoms with E-state index < -0.39 is 0 Å². The quantitative estimate of drug-likeness (QED) is 0.671. The zero-order valence-corrected chi connectivity index (χ0v) is 11.5. The molecule has 0 saturated heterocycles. The van der Waals surface area contributed by atoms with Crippen LogP contribution in [0.2, 0.25) is 0 Å². The van der Waals surface area contributed by atoms with Gasteiger partial charge in [-0.1, -0.05) is 30.3 Å². The Morgan fingerprint density at radius 3 is 2.37 bits per heavy atom. The van der Waals surface area contributed by atoms with Crippen LogP contribution in [0.4, 0.5) is 0 Å². The van der Waals surface area contributed by atoms with Gasteiger partial charge in [0.25, 0.3) is 0 Å². The molecule has 0 fully saturated rings. The molecule has 4 N–H and O–H groups in total. The lowest BCUT2D eigenvalue weighted by molar-refractivity contribution is -0.125. The van der Waals surface area contributed by atoms with Crippen molar-refractivity contribution in [3.8, 4) is 0 Å². The van der Waals surface area contributed by atoms with Crippen LogP contribution in [0.15, 0.2) is 30.3 Å². The van der Waals surface area contributed by atoms with Gasteiger partial charge in [-0.15, -0.1) is 12.4 Å². The highest BCUT2D eigenvalue weighted by Gasteiger charge is 2.03. The van der Waals surface area contributed by atoms with Crippen LogP contribution in [-0.2, 0) is 16.0 Å². The maximum atomic E-state index is 11.4. The molecule has 2 amide bonds. The van der Waals surface area contributed by atoms with Gasteiger partial charge < -0.3 is 16.4 Å². The summed E-state index contributed by atoms with van der Waals surface area (Å²) < 4.78 is 0.